The number of urea groups is 1. The summed E-state index contributed by atoms with van der Waals surface area (Å²) < 4.78 is 13.0. The maximum absolute atomic E-state index is 13.0. The first kappa shape index (κ1) is 15.6. The third-order valence-electron chi connectivity index (χ3n) is 3.93. The predicted octanol–water partition coefficient (Wildman–Crippen LogP) is 3.24. The highest BCUT2D eigenvalue weighted by molar-refractivity contribution is 6.31. The van der Waals surface area contributed by atoms with E-state index in [1.807, 2.05) is 0 Å². The first-order chi connectivity index (χ1) is 9.83. The molecule has 1 aromatic carbocycles. The van der Waals surface area contributed by atoms with Crippen molar-refractivity contribution in [2.45, 2.75) is 32.2 Å². The fourth-order valence-electron chi connectivity index (χ4n) is 2.55. The molecule has 0 heterocycles. The van der Waals surface area contributed by atoms with E-state index in [-0.39, 0.29) is 5.02 Å². The van der Waals surface area contributed by atoms with Crippen molar-refractivity contribution in [1.82, 2.24) is 5.32 Å². The number of amides is 2. The summed E-state index contributed by atoms with van der Waals surface area (Å²) in [5.41, 5.74) is -0.619. The number of rotatable bonds is 3. The normalized spacial score (nSPS) is 24.6. The number of hydrogen-bond donors (Lipinski definition) is 3. The van der Waals surface area contributed by atoms with E-state index in [1.165, 1.54) is 12.1 Å². The molecule has 0 saturated heterocycles. The fraction of sp³-hybridized carbons (Fsp3) is 0.429. The number of carbonyl (C=O) groups excluding carboxylic acids is 1. The highest BCUT2D eigenvalue weighted by atomic mass is 35.5. The number of anilines is 1. The minimum Gasteiger partial charge on any atom is -0.481 e. The summed E-state index contributed by atoms with van der Waals surface area (Å²) in [5, 5.41) is 14.4. The van der Waals surface area contributed by atoms with Crippen LogP contribution >= 0.6 is 11.6 Å². The van der Waals surface area contributed by atoms with Gasteiger partial charge in [-0.1, -0.05) is 18.0 Å². The maximum Gasteiger partial charge on any atom is 0.319 e. The molecule has 1 aromatic rings. The average molecular weight is 315 g/mol. The zero-order chi connectivity index (χ0) is 15.6. The first-order valence-electron chi connectivity index (χ1n) is 6.59. The van der Waals surface area contributed by atoms with E-state index >= 15 is 0 Å². The quantitative estimate of drug-likeness (QED) is 0.801. The molecule has 2 atom stereocenters. The lowest BCUT2D eigenvalue weighted by molar-refractivity contribution is -0.148. The van der Waals surface area contributed by atoms with Crippen LogP contribution in [-0.4, -0.2) is 23.1 Å². The number of carboxylic acids is 1. The van der Waals surface area contributed by atoms with Crippen molar-refractivity contribution in [3.8, 4) is 0 Å². The fourth-order valence-corrected chi connectivity index (χ4v) is 2.73. The molecule has 5 nitrogen and oxygen atoms in total. The van der Waals surface area contributed by atoms with Crippen molar-refractivity contribution in [1.29, 1.82) is 0 Å². The third-order valence-corrected chi connectivity index (χ3v) is 4.22. The van der Waals surface area contributed by atoms with Crippen LogP contribution in [-0.2, 0) is 4.79 Å². The molecule has 2 rings (SSSR count). The summed E-state index contributed by atoms with van der Waals surface area (Å²) in [6.07, 6.45) is 1.88. The number of carbonyl (C=O) groups is 2. The lowest BCUT2D eigenvalue weighted by atomic mass is 9.85. The van der Waals surface area contributed by atoms with Gasteiger partial charge in [0.2, 0.25) is 0 Å². The Kier molecular flexibility index (Phi) is 4.37. The van der Waals surface area contributed by atoms with Gasteiger partial charge in [-0.3, -0.25) is 4.79 Å². The predicted molar refractivity (Wildman–Crippen MR) is 76.9 cm³/mol. The lowest BCUT2D eigenvalue weighted by Gasteiger charge is -2.27. The number of carboxylic acid groups (broad SMARTS) is 1. The van der Waals surface area contributed by atoms with Crippen LogP contribution in [0.1, 0.15) is 26.2 Å². The van der Waals surface area contributed by atoms with Crippen LogP contribution in [0.15, 0.2) is 18.2 Å². The van der Waals surface area contributed by atoms with Crippen molar-refractivity contribution in [3.05, 3.63) is 29.0 Å². The zero-order valence-corrected chi connectivity index (χ0v) is 12.2. The second-order valence-electron chi connectivity index (χ2n) is 5.39. The Hall–Kier alpha value is -1.82. The Morgan fingerprint density at radius 1 is 1.48 bits per heavy atom. The number of aliphatic carboxylic acids is 1. The minimum atomic E-state index is -0.961. The summed E-state index contributed by atoms with van der Waals surface area (Å²) in [6, 6.07) is 2.85. The van der Waals surface area contributed by atoms with Crippen molar-refractivity contribution in [2.24, 2.45) is 5.41 Å². The van der Waals surface area contributed by atoms with E-state index in [1.54, 1.807) is 6.92 Å². The lowest BCUT2D eigenvalue weighted by Crippen LogP contribution is -2.48. The summed E-state index contributed by atoms with van der Waals surface area (Å²) in [4.78, 5) is 23.2. The van der Waals surface area contributed by atoms with Crippen LogP contribution in [0.25, 0.3) is 0 Å². The molecule has 0 spiro atoms. The van der Waals surface area contributed by atoms with Gasteiger partial charge < -0.3 is 15.7 Å². The molecule has 0 bridgehead atoms. The van der Waals surface area contributed by atoms with E-state index in [4.69, 9.17) is 11.6 Å². The second kappa shape index (κ2) is 5.89. The summed E-state index contributed by atoms with van der Waals surface area (Å²) >= 11 is 5.63. The smallest absolute Gasteiger partial charge is 0.319 e. The molecule has 1 aliphatic rings. The molecule has 0 radical (unpaired) electrons. The molecule has 7 heteroatoms. The minimum absolute atomic E-state index is 0.0935. The van der Waals surface area contributed by atoms with Gasteiger partial charge in [-0.2, -0.15) is 0 Å². The molecule has 0 aromatic heterocycles. The van der Waals surface area contributed by atoms with Gasteiger partial charge in [-0.05, 0) is 38.0 Å². The highest BCUT2D eigenvalue weighted by Crippen LogP contribution is 2.38. The molecule has 2 unspecified atom stereocenters. The van der Waals surface area contributed by atoms with Crippen LogP contribution in [0.5, 0.6) is 0 Å². The number of hydrogen-bond acceptors (Lipinski definition) is 2. The van der Waals surface area contributed by atoms with Gasteiger partial charge in [-0.15, -0.1) is 0 Å². The summed E-state index contributed by atoms with van der Waals surface area (Å²) in [6.45, 7) is 1.63. The van der Waals surface area contributed by atoms with Crippen LogP contribution in [0.4, 0.5) is 14.9 Å². The van der Waals surface area contributed by atoms with E-state index < -0.39 is 29.3 Å². The molecule has 2 amide bonds. The van der Waals surface area contributed by atoms with Gasteiger partial charge in [0.25, 0.3) is 0 Å². The van der Waals surface area contributed by atoms with Crippen molar-refractivity contribution in [3.63, 3.8) is 0 Å². The zero-order valence-electron chi connectivity index (χ0n) is 11.5. The van der Waals surface area contributed by atoms with Crippen molar-refractivity contribution in [2.75, 3.05) is 5.32 Å². The van der Waals surface area contributed by atoms with Crippen LogP contribution < -0.4 is 10.6 Å². The largest absolute Gasteiger partial charge is 0.481 e. The highest BCUT2D eigenvalue weighted by Gasteiger charge is 2.45. The number of halogens is 2. The SMILES string of the molecule is CC1(C(=O)O)CCCC1NC(=O)Nc1ccc(F)c(Cl)c1. The molecule has 1 saturated carbocycles. The molecular weight excluding hydrogens is 299 g/mol. The molecule has 3 N–H and O–H groups in total. The van der Waals surface area contributed by atoms with Gasteiger partial charge in [0, 0.05) is 11.7 Å². The topological polar surface area (TPSA) is 78.4 Å². The van der Waals surface area contributed by atoms with Crippen LogP contribution in [0.2, 0.25) is 5.02 Å². The van der Waals surface area contributed by atoms with Gasteiger partial charge >= 0.3 is 12.0 Å². The summed E-state index contributed by atoms with van der Waals surface area (Å²) in [7, 11) is 0. The number of benzene rings is 1. The molecular formula is C14H16ClFN2O3. The Morgan fingerprint density at radius 3 is 2.81 bits per heavy atom. The monoisotopic (exact) mass is 314 g/mol. The van der Waals surface area contributed by atoms with E-state index in [2.05, 4.69) is 10.6 Å². The summed E-state index contributed by atoms with van der Waals surface area (Å²) in [5.74, 6) is -1.49. The number of nitrogens with one attached hydrogen (secondary N) is 2. The Balaban J connectivity index is 2.01. The van der Waals surface area contributed by atoms with Gasteiger partial charge in [-0.25, -0.2) is 9.18 Å². The standard InChI is InChI=1S/C14H16ClFN2O3/c1-14(12(19)20)6-2-3-11(14)18-13(21)17-8-4-5-10(16)9(15)7-8/h4-5,7,11H,2-3,6H2,1H3,(H,19,20)(H2,17,18,21). The Morgan fingerprint density at radius 2 is 2.19 bits per heavy atom. The third kappa shape index (κ3) is 3.26. The molecule has 0 aliphatic heterocycles. The van der Waals surface area contributed by atoms with Crippen molar-refractivity contribution >= 4 is 29.3 Å². The van der Waals surface area contributed by atoms with Crippen molar-refractivity contribution < 1.29 is 19.1 Å². The average Bonchev–Trinajstić information content (AvgIpc) is 2.77. The molecule has 21 heavy (non-hydrogen) atoms. The van der Waals surface area contributed by atoms with Gasteiger partial charge in [0.15, 0.2) is 0 Å². The van der Waals surface area contributed by atoms with E-state index in [0.717, 1.165) is 12.5 Å². The maximum atomic E-state index is 13.0. The molecule has 114 valence electrons. The Bertz CT molecular complexity index is 581. The Labute approximate surface area is 126 Å². The van der Waals surface area contributed by atoms with Crippen LogP contribution in [0, 0.1) is 11.2 Å². The van der Waals surface area contributed by atoms with Gasteiger partial charge in [0.1, 0.15) is 5.82 Å². The molecule has 1 fully saturated rings. The first-order valence-corrected chi connectivity index (χ1v) is 6.96. The van der Waals surface area contributed by atoms with E-state index in [0.29, 0.717) is 18.5 Å². The van der Waals surface area contributed by atoms with Crippen LogP contribution in [0.3, 0.4) is 0 Å². The molecule has 1 aliphatic carbocycles. The second-order valence-corrected chi connectivity index (χ2v) is 5.80. The van der Waals surface area contributed by atoms with E-state index in [9.17, 15) is 19.1 Å². The van der Waals surface area contributed by atoms with Gasteiger partial charge in [0.05, 0.1) is 10.4 Å².